The Hall–Kier alpha value is -3.15. The zero-order chi connectivity index (χ0) is 19.3. The summed E-state index contributed by atoms with van der Waals surface area (Å²) in [4.78, 5) is 16.8. The first-order valence-electron chi connectivity index (χ1n) is 9.47. The minimum absolute atomic E-state index is 0.0411. The van der Waals surface area contributed by atoms with E-state index in [2.05, 4.69) is 10.1 Å². The number of Topliss-reactive ketones (excluding diaryl/α,β-unsaturated/α-hetero) is 1. The van der Waals surface area contributed by atoms with Crippen LogP contribution in [0, 0.1) is 0 Å². The van der Waals surface area contributed by atoms with E-state index in [1.165, 1.54) is 12.8 Å². The summed E-state index contributed by atoms with van der Waals surface area (Å²) < 4.78 is 16.2. The molecule has 6 nitrogen and oxygen atoms in total. The highest BCUT2D eigenvalue weighted by atomic mass is 16.5. The van der Waals surface area contributed by atoms with Gasteiger partial charge in [0, 0.05) is 17.0 Å². The Bertz CT molecular complexity index is 943. The third-order valence-corrected chi connectivity index (χ3v) is 5.02. The molecule has 0 bridgehead atoms. The smallest absolute Gasteiger partial charge is 0.230 e. The molecule has 6 heteroatoms. The largest absolute Gasteiger partial charge is 0.497 e. The van der Waals surface area contributed by atoms with Gasteiger partial charge in [-0.05, 0) is 49.2 Å². The maximum Gasteiger partial charge on any atom is 0.230 e. The number of rotatable bonds is 7. The molecule has 2 aromatic carbocycles. The number of hydrogen-bond acceptors (Lipinski definition) is 6. The fourth-order valence-corrected chi connectivity index (χ4v) is 3.42. The summed E-state index contributed by atoms with van der Waals surface area (Å²) >= 11 is 0. The number of aromatic nitrogens is 2. The fraction of sp³-hybridized carbons (Fsp3) is 0.318. The second-order valence-electron chi connectivity index (χ2n) is 6.91. The molecule has 0 unspecified atom stereocenters. The van der Waals surface area contributed by atoms with Crippen LogP contribution in [0.3, 0.4) is 0 Å². The Kier molecular flexibility index (Phi) is 5.37. The number of hydrogen-bond donors (Lipinski definition) is 0. The second-order valence-corrected chi connectivity index (χ2v) is 6.91. The molecule has 1 aliphatic rings. The van der Waals surface area contributed by atoms with E-state index >= 15 is 0 Å². The van der Waals surface area contributed by atoms with Crippen molar-refractivity contribution in [2.24, 2.45) is 0 Å². The Morgan fingerprint density at radius 3 is 2.64 bits per heavy atom. The molecule has 0 saturated heterocycles. The normalized spacial score (nSPS) is 14.2. The summed E-state index contributed by atoms with van der Waals surface area (Å²) in [6.45, 7) is -0.0411. The number of nitrogens with zero attached hydrogens (tertiary/aromatic N) is 2. The van der Waals surface area contributed by atoms with Crippen LogP contribution < -0.4 is 9.47 Å². The SMILES string of the molecule is COc1cccc(C(=O)COc2ccc(-c3noc(C4CCCC4)n3)cc2)c1. The molecule has 0 atom stereocenters. The maximum absolute atomic E-state index is 12.3. The van der Waals surface area contributed by atoms with E-state index in [0.717, 1.165) is 24.3 Å². The molecule has 1 aromatic heterocycles. The van der Waals surface area contributed by atoms with Crippen molar-refractivity contribution in [2.45, 2.75) is 31.6 Å². The van der Waals surface area contributed by atoms with Crippen LogP contribution in [0.5, 0.6) is 11.5 Å². The van der Waals surface area contributed by atoms with E-state index in [4.69, 9.17) is 14.0 Å². The minimum Gasteiger partial charge on any atom is -0.497 e. The van der Waals surface area contributed by atoms with Crippen molar-refractivity contribution in [3.63, 3.8) is 0 Å². The molecule has 1 fully saturated rings. The van der Waals surface area contributed by atoms with Gasteiger partial charge in [0.2, 0.25) is 11.7 Å². The lowest BCUT2D eigenvalue weighted by molar-refractivity contribution is 0.0921. The van der Waals surface area contributed by atoms with Gasteiger partial charge < -0.3 is 14.0 Å². The zero-order valence-corrected chi connectivity index (χ0v) is 15.8. The summed E-state index contributed by atoms with van der Waals surface area (Å²) in [6.07, 6.45) is 4.69. The lowest BCUT2D eigenvalue weighted by Crippen LogP contribution is -2.11. The average Bonchev–Trinajstić information content (AvgIpc) is 3.44. The van der Waals surface area contributed by atoms with Crippen molar-refractivity contribution in [2.75, 3.05) is 13.7 Å². The van der Waals surface area contributed by atoms with E-state index < -0.39 is 0 Å². The lowest BCUT2D eigenvalue weighted by atomic mass is 10.1. The molecule has 1 aliphatic carbocycles. The summed E-state index contributed by atoms with van der Waals surface area (Å²) in [7, 11) is 1.57. The molecular weight excluding hydrogens is 356 g/mol. The van der Waals surface area contributed by atoms with Crippen LogP contribution in [0.1, 0.15) is 47.8 Å². The number of benzene rings is 2. The van der Waals surface area contributed by atoms with Crippen LogP contribution in [-0.2, 0) is 0 Å². The molecule has 1 heterocycles. The lowest BCUT2D eigenvalue weighted by Gasteiger charge is -2.07. The Labute approximate surface area is 163 Å². The van der Waals surface area contributed by atoms with Gasteiger partial charge >= 0.3 is 0 Å². The van der Waals surface area contributed by atoms with E-state index in [1.54, 1.807) is 43.5 Å². The van der Waals surface area contributed by atoms with Crippen LogP contribution in [0.25, 0.3) is 11.4 Å². The van der Waals surface area contributed by atoms with Crippen molar-refractivity contribution in [3.8, 4) is 22.9 Å². The van der Waals surface area contributed by atoms with Gasteiger partial charge in [-0.1, -0.05) is 30.1 Å². The zero-order valence-electron chi connectivity index (χ0n) is 15.8. The van der Waals surface area contributed by atoms with Gasteiger partial charge in [0.05, 0.1) is 7.11 Å². The molecule has 1 saturated carbocycles. The number of ketones is 1. The number of methoxy groups -OCH3 is 1. The van der Waals surface area contributed by atoms with Crippen molar-refractivity contribution in [3.05, 3.63) is 60.0 Å². The number of ether oxygens (including phenoxy) is 2. The molecule has 4 rings (SSSR count). The first kappa shape index (κ1) is 18.2. The topological polar surface area (TPSA) is 74.5 Å². The minimum atomic E-state index is -0.109. The van der Waals surface area contributed by atoms with E-state index in [0.29, 0.717) is 28.8 Å². The van der Waals surface area contributed by atoms with Gasteiger partial charge in [0.1, 0.15) is 11.5 Å². The quantitative estimate of drug-likeness (QED) is 0.557. The number of carbonyl (C=O) groups is 1. The molecule has 0 aliphatic heterocycles. The third-order valence-electron chi connectivity index (χ3n) is 5.02. The summed E-state index contributed by atoms with van der Waals surface area (Å²) in [5.74, 6) is 2.86. The van der Waals surface area contributed by atoms with Crippen LogP contribution in [-0.4, -0.2) is 29.6 Å². The second kappa shape index (κ2) is 8.25. The predicted octanol–water partition coefficient (Wildman–Crippen LogP) is 4.66. The van der Waals surface area contributed by atoms with Gasteiger partial charge in [0.25, 0.3) is 0 Å². The van der Waals surface area contributed by atoms with Gasteiger partial charge in [0.15, 0.2) is 12.4 Å². The van der Waals surface area contributed by atoms with Crippen LogP contribution in [0.2, 0.25) is 0 Å². The number of carbonyl (C=O) groups excluding carboxylic acids is 1. The van der Waals surface area contributed by atoms with Gasteiger partial charge in [-0.25, -0.2) is 0 Å². The molecule has 28 heavy (non-hydrogen) atoms. The Balaban J connectivity index is 1.37. The van der Waals surface area contributed by atoms with Crippen molar-refractivity contribution >= 4 is 5.78 Å². The maximum atomic E-state index is 12.3. The first-order valence-corrected chi connectivity index (χ1v) is 9.47. The van der Waals surface area contributed by atoms with E-state index in [-0.39, 0.29) is 12.4 Å². The molecule has 0 radical (unpaired) electrons. The van der Waals surface area contributed by atoms with Crippen LogP contribution >= 0.6 is 0 Å². The molecular formula is C22H22N2O4. The van der Waals surface area contributed by atoms with Crippen LogP contribution in [0.15, 0.2) is 53.1 Å². The summed E-state index contributed by atoms with van der Waals surface area (Å²) in [5.41, 5.74) is 1.42. The molecule has 0 N–H and O–H groups in total. The average molecular weight is 378 g/mol. The van der Waals surface area contributed by atoms with Crippen molar-refractivity contribution in [1.29, 1.82) is 0 Å². The fourth-order valence-electron chi connectivity index (χ4n) is 3.42. The first-order chi connectivity index (χ1) is 13.7. The standard InChI is InChI=1S/C22H22N2O4/c1-26-19-8-4-7-17(13-19)20(25)14-27-18-11-9-15(10-12-18)21-23-22(28-24-21)16-5-2-3-6-16/h4,7-13,16H,2-3,5-6,14H2,1H3. The van der Waals surface area contributed by atoms with E-state index in [9.17, 15) is 4.79 Å². The molecule has 3 aromatic rings. The van der Waals surface area contributed by atoms with Crippen molar-refractivity contribution in [1.82, 2.24) is 10.1 Å². The Morgan fingerprint density at radius 1 is 1.11 bits per heavy atom. The highest BCUT2D eigenvalue weighted by Crippen LogP contribution is 2.34. The Morgan fingerprint density at radius 2 is 1.89 bits per heavy atom. The van der Waals surface area contributed by atoms with Gasteiger partial charge in [-0.15, -0.1) is 0 Å². The molecule has 0 amide bonds. The van der Waals surface area contributed by atoms with Gasteiger partial charge in [-0.2, -0.15) is 4.98 Å². The van der Waals surface area contributed by atoms with Crippen LogP contribution in [0.4, 0.5) is 0 Å². The third kappa shape index (κ3) is 4.06. The highest BCUT2D eigenvalue weighted by molar-refractivity contribution is 5.97. The van der Waals surface area contributed by atoms with E-state index in [1.807, 2.05) is 12.1 Å². The summed E-state index contributed by atoms with van der Waals surface area (Å²) in [5, 5.41) is 4.10. The van der Waals surface area contributed by atoms with Gasteiger partial charge in [-0.3, -0.25) is 4.79 Å². The molecule has 144 valence electrons. The van der Waals surface area contributed by atoms with Crippen molar-refractivity contribution < 1.29 is 18.8 Å². The molecule has 0 spiro atoms. The summed E-state index contributed by atoms with van der Waals surface area (Å²) in [6, 6.07) is 14.4. The highest BCUT2D eigenvalue weighted by Gasteiger charge is 2.23. The predicted molar refractivity (Wildman–Crippen MR) is 104 cm³/mol. The monoisotopic (exact) mass is 378 g/mol.